The molecule has 8 nitrogen and oxygen atoms in total. The lowest BCUT2D eigenvalue weighted by atomic mass is 9.91. The van der Waals surface area contributed by atoms with Crippen molar-refractivity contribution in [3.8, 4) is 5.69 Å². The molecule has 0 atom stereocenters. The SMILES string of the molecule is O=C(O)NC1CCC(Nc2ncnc3c2cnn3-c2ccc(F)cc2F)CC1. The first-order valence-corrected chi connectivity index (χ1v) is 8.91. The third-order valence-corrected chi connectivity index (χ3v) is 4.90. The van der Waals surface area contributed by atoms with Crippen LogP contribution in [0.5, 0.6) is 0 Å². The van der Waals surface area contributed by atoms with E-state index in [4.69, 9.17) is 5.11 Å². The Morgan fingerprint density at radius 3 is 2.61 bits per heavy atom. The van der Waals surface area contributed by atoms with E-state index in [9.17, 15) is 13.6 Å². The fraction of sp³-hybridized carbons (Fsp3) is 0.333. The van der Waals surface area contributed by atoms with E-state index in [1.165, 1.54) is 23.3 Å². The quantitative estimate of drug-likeness (QED) is 0.634. The molecular formula is C18H18F2N6O2. The number of nitrogens with one attached hydrogen (secondary N) is 2. The van der Waals surface area contributed by atoms with Gasteiger partial charge in [-0.05, 0) is 37.8 Å². The van der Waals surface area contributed by atoms with E-state index in [2.05, 4.69) is 25.7 Å². The summed E-state index contributed by atoms with van der Waals surface area (Å²) < 4.78 is 28.6. The minimum Gasteiger partial charge on any atom is -0.465 e. The van der Waals surface area contributed by atoms with Crippen LogP contribution in [-0.2, 0) is 0 Å². The van der Waals surface area contributed by atoms with Crippen LogP contribution in [0, 0.1) is 11.6 Å². The lowest BCUT2D eigenvalue weighted by Gasteiger charge is -2.29. The predicted molar refractivity (Wildman–Crippen MR) is 97.4 cm³/mol. The summed E-state index contributed by atoms with van der Waals surface area (Å²) in [5, 5.41) is 19.5. The normalized spacial score (nSPS) is 19.5. The summed E-state index contributed by atoms with van der Waals surface area (Å²) in [6.07, 6.45) is 4.94. The molecule has 1 aliphatic rings. The molecule has 4 rings (SSSR count). The number of fused-ring (bicyclic) bond motifs is 1. The standard InChI is InChI=1S/C18H18F2N6O2/c19-10-1-6-15(14(20)7-10)26-17-13(8-23-26)16(21-9-22-17)24-11-2-4-12(5-3-11)25-18(27)28/h1,6-9,11-12,25H,2-5H2,(H,27,28)(H,21,22,24). The first kappa shape index (κ1) is 18.1. The average molecular weight is 388 g/mol. The maximum Gasteiger partial charge on any atom is 0.404 e. The lowest BCUT2D eigenvalue weighted by molar-refractivity contribution is 0.185. The number of halogens is 2. The Labute approximate surface area is 158 Å². The molecule has 3 N–H and O–H groups in total. The molecule has 1 aromatic carbocycles. The fourth-order valence-corrected chi connectivity index (χ4v) is 3.54. The maximum absolute atomic E-state index is 14.1. The van der Waals surface area contributed by atoms with Gasteiger partial charge in [-0.15, -0.1) is 0 Å². The molecule has 10 heteroatoms. The van der Waals surface area contributed by atoms with Crippen molar-refractivity contribution in [2.45, 2.75) is 37.8 Å². The van der Waals surface area contributed by atoms with E-state index < -0.39 is 17.7 Å². The van der Waals surface area contributed by atoms with Crippen molar-refractivity contribution in [2.75, 3.05) is 5.32 Å². The van der Waals surface area contributed by atoms with Crippen LogP contribution in [0.4, 0.5) is 19.4 Å². The second-order valence-electron chi connectivity index (χ2n) is 6.75. The van der Waals surface area contributed by atoms with Gasteiger partial charge in [0.15, 0.2) is 11.5 Å². The Morgan fingerprint density at radius 1 is 1.14 bits per heavy atom. The summed E-state index contributed by atoms with van der Waals surface area (Å²) in [6, 6.07) is 3.37. The van der Waals surface area contributed by atoms with Gasteiger partial charge in [-0.25, -0.2) is 28.2 Å². The first-order valence-electron chi connectivity index (χ1n) is 8.91. The molecule has 2 aromatic heterocycles. The van der Waals surface area contributed by atoms with Gasteiger partial charge in [-0.3, -0.25) is 0 Å². The molecule has 2 heterocycles. The van der Waals surface area contributed by atoms with Gasteiger partial charge in [-0.1, -0.05) is 0 Å². The molecule has 1 saturated carbocycles. The second-order valence-corrected chi connectivity index (χ2v) is 6.75. The largest absolute Gasteiger partial charge is 0.465 e. The highest BCUT2D eigenvalue weighted by molar-refractivity contribution is 5.87. The summed E-state index contributed by atoms with van der Waals surface area (Å²) in [5.41, 5.74) is 0.505. The number of carboxylic acid groups (broad SMARTS) is 1. The minimum atomic E-state index is -1.01. The Kier molecular flexibility index (Phi) is 4.76. The van der Waals surface area contributed by atoms with Crippen LogP contribution in [0.25, 0.3) is 16.7 Å². The topological polar surface area (TPSA) is 105 Å². The van der Waals surface area contributed by atoms with Gasteiger partial charge in [0, 0.05) is 18.2 Å². The predicted octanol–water partition coefficient (Wildman–Crippen LogP) is 3.08. The Morgan fingerprint density at radius 2 is 1.89 bits per heavy atom. The van der Waals surface area contributed by atoms with Gasteiger partial charge in [0.1, 0.15) is 23.6 Å². The van der Waals surface area contributed by atoms with Gasteiger partial charge in [0.05, 0.1) is 11.6 Å². The van der Waals surface area contributed by atoms with E-state index in [0.717, 1.165) is 37.8 Å². The van der Waals surface area contributed by atoms with Crippen LogP contribution in [0.1, 0.15) is 25.7 Å². The van der Waals surface area contributed by atoms with Crippen molar-refractivity contribution in [1.82, 2.24) is 25.1 Å². The highest BCUT2D eigenvalue weighted by atomic mass is 19.1. The number of hydrogen-bond acceptors (Lipinski definition) is 5. The fourth-order valence-electron chi connectivity index (χ4n) is 3.54. The van der Waals surface area contributed by atoms with Gasteiger partial charge in [0.25, 0.3) is 0 Å². The monoisotopic (exact) mass is 388 g/mol. The third kappa shape index (κ3) is 3.57. The minimum absolute atomic E-state index is 0.0369. The smallest absolute Gasteiger partial charge is 0.404 e. The van der Waals surface area contributed by atoms with Gasteiger partial charge < -0.3 is 15.7 Å². The maximum atomic E-state index is 14.1. The summed E-state index contributed by atoms with van der Waals surface area (Å²) in [4.78, 5) is 19.2. The number of rotatable bonds is 4. The molecule has 1 fully saturated rings. The molecule has 0 aliphatic heterocycles. The van der Waals surface area contributed by atoms with E-state index in [1.54, 1.807) is 0 Å². The number of benzene rings is 1. The van der Waals surface area contributed by atoms with Crippen molar-refractivity contribution in [1.29, 1.82) is 0 Å². The summed E-state index contributed by atoms with van der Waals surface area (Å²) >= 11 is 0. The first-order chi connectivity index (χ1) is 13.5. The summed E-state index contributed by atoms with van der Waals surface area (Å²) in [6.45, 7) is 0. The average Bonchev–Trinajstić information content (AvgIpc) is 3.08. The van der Waals surface area contributed by atoms with Crippen LogP contribution >= 0.6 is 0 Å². The molecule has 0 saturated heterocycles. The van der Waals surface area contributed by atoms with Crippen molar-refractivity contribution in [3.05, 3.63) is 42.4 Å². The van der Waals surface area contributed by atoms with E-state index in [1.807, 2.05) is 0 Å². The number of hydrogen-bond donors (Lipinski definition) is 3. The zero-order valence-electron chi connectivity index (χ0n) is 14.8. The highest BCUT2D eigenvalue weighted by Gasteiger charge is 2.23. The van der Waals surface area contributed by atoms with Crippen molar-refractivity contribution >= 4 is 22.9 Å². The van der Waals surface area contributed by atoms with E-state index in [0.29, 0.717) is 16.9 Å². The van der Waals surface area contributed by atoms with Crippen molar-refractivity contribution in [3.63, 3.8) is 0 Å². The number of nitrogens with zero attached hydrogens (tertiary/aromatic N) is 4. The Hall–Kier alpha value is -3.30. The molecule has 0 spiro atoms. The zero-order valence-corrected chi connectivity index (χ0v) is 14.8. The van der Waals surface area contributed by atoms with Crippen LogP contribution < -0.4 is 10.6 Å². The molecule has 3 aromatic rings. The van der Waals surface area contributed by atoms with Crippen LogP contribution in [0.3, 0.4) is 0 Å². The molecule has 1 aliphatic carbocycles. The van der Waals surface area contributed by atoms with Crippen molar-refractivity contribution < 1.29 is 18.7 Å². The zero-order chi connectivity index (χ0) is 19.7. The van der Waals surface area contributed by atoms with Crippen LogP contribution in [0.2, 0.25) is 0 Å². The lowest BCUT2D eigenvalue weighted by Crippen LogP contribution is -2.39. The highest BCUT2D eigenvalue weighted by Crippen LogP contribution is 2.27. The number of carbonyl (C=O) groups is 1. The third-order valence-electron chi connectivity index (χ3n) is 4.90. The van der Waals surface area contributed by atoms with Crippen LogP contribution in [-0.4, -0.2) is 43.0 Å². The van der Waals surface area contributed by atoms with Gasteiger partial charge >= 0.3 is 6.09 Å². The van der Waals surface area contributed by atoms with E-state index in [-0.39, 0.29) is 17.8 Å². The number of amides is 1. The van der Waals surface area contributed by atoms with Crippen LogP contribution in [0.15, 0.2) is 30.7 Å². The summed E-state index contributed by atoms with van der Waals surface area (Å²) in [5.74, 6) is -0.821. The molecule has 0 bridgehead atoms. The Balaban J connectivity index is 1.55. The van der Waals surface area contributed by atoms with Gasteiger partial charge in [0.2, 0.25) is 0 Å². The molecule has 28 heavy (non-hydrogen) atoms. The Bertz CT molecular complexity index is 1020. The number of anilines is 1. The molecule has 146 valence electrons. The van der Waals surface area contributed by atoms with Gasteiger partial charge in [-0.2, -0.15) is 5.10 Å². The second kappa shape index (κ2) is 7.37. The number of aromatic nitrogens is 4. The van der Waals surface area contributed by atoms with E-state index >= 15 is 0 Å². The molecule has 0 unspecified atom stereocenters. The molecular weight excluding hydrogens is 370 g/mol. The van der Waals surface area contributed by atoms with Crippen molar-refractivity contribution in [2.24, 2.45) is 0 Å². The molecule has 0 radical (unpaired) electrons. The summed E-state index contributed by atoms with van der Waals surface area (Å²) in [7, 11) is 0. The molecule has 1 amide bonds.